The topological polar surface area (TPSA) is 32.3 Å². The van der Waals surface area contributed by atoms with E-state index in [1.54, 1.807) is 11.0 Å². The second kappa shape index (κ2) is 5.60. The van der Waals surface area contributed by atoms with Gasteiger partial charge >= 0.3 is 0 Å². The molecule has 0 saturated carbocycles. The number of rotatable bonds is 1. The van der Waals surface area contributed by atoms with Gasteiger partial charge in [-0.1, -0.05) is 0 Å². The zero-order valence-corrected chi connectivity index (χ0v) is 11.0. The van der Waals surface area contributed by atoms with Crippen LogP contribution in [0, 0.1) is 5.82 Å². The zero-order chi connectivity index (χ0) is 12.3. The molecule has 0 aromatic heterocycles. The van der Waals surface area contributed by atoms with Crippen molar-refractivity contribution in [3.05, 3.63) is 34.1 Å². The van der Waals surface area contributed by atoms with Crippen LogP contribution in [0.4, 0.5) is 4.39 Å². The van der Waals surface area contributed by atoms with Gasteiger partial charge in [0, 0.05) is 24.1 Å². The molecule has 0 radical (unpaired) electrons. The Hall–Kier alpha value is -0.940. The number of benzene rings is 1. The van der Waals surface area contributed by atoms with Crippen LogP contribution in [0.5, 0.6) is 0 Å². The molecule has 0 unspecified atom stereocenters. The lowest BCUT2D eigenvalue weighted by Crippen LogP contribution is -2.34. The SMILES string of the molecule is O=C(c1cc(F)ccc1Br)N1CCCNCC1. The Balaban J connectivity index is 2.20. The van der Waals surface area contributed by atoms with E-state index in [1.165, 1.54) is 12.1 Å². The summed E-state index contributed by atoms with van der Waals surface area (Å²) >= 11 is 3.29. The Morgan fingerprint density at radius 3 is 3.00 bits per heavy atom. The van der Waals surface area contributed by atoms with E-state index in [0.29, 0.717) is 16.6 Å². The van der Waals surface area contributed by atoms with Crippen LogP contribution in [-0.4, -0.2) is 37.0 Å². The van der Waals surface area contributed by atoms with E-state index in [4.69, 9.17) is 0 Å². The molecule has 1 aliphatic heterocycles. The van der Waals surface area contributed by atoms with Gasteiger partial charge in [-0.3, -0.25) is 4.79 Å². The molecule has 1 aromatic rings. The molecule has 0 bridgehead atoms. The van der Waals surface area contributed by atoms with Crippen LogP contribution >= 0.6 is 15.9 Å². The largest absolute Gasteiger partial charge is 0.337 e. The molecule has 92 valence electrons. The molecule has 0 atom stereocenters. The molecule has 1 aliphatic rings. The van der Waals surface area contributed by atoms with Crippen molar-refractivity contribution in [3.63, 3.8) is 0 Å². The molecule has 2 rings (SSSR count). The molecular formula is C12H14BrFN2O. The fourth-order valence-corrected chi connectivity index (χ4v) is 2.30. The summed E-state index contributed by atoms with van der Waals surface area (Å²) in [5, 5.41) is 3.23. The summed E-state index contributed by atoms with van der Waals surface area (Å²) in [4.78, 5) is 14.0. The third-order valence-electron chi connectivity index (χ3n) is 2.79. The van der Waals surface area contributed by atoms with Gasteiger partial charge in [0.2, 0.25) is 0 Å². The Morgan fingerprint density at radius 2 is 2.18 bits per heavy atom. The number of halogens is 2. The van der Waals surface area contributed by atoms with Gasteiger partial charge in [0.1, 0.15) is 5.82 Å². The molecule has 1 amide bonds. The van der Waals surface area contributed by atoms with Crippen LogP contribution in [0.25, 0.3) is 0 Å². The van der Waals surface area contributed by atoms with E-state index >= 15 is 0 Å². The number of hydrogen-bond acceptors (Lipinski definition) is 2. The van der Waals surface area contributed by atoms with Crippen molar-refractivity contribution in [1.82, 2.24) is 10.2 Å². The molecular weight excluding hydrogens is 287 g/mol. The van der Waals surface area contributed by atoms with Gasteiger partial charge in [-0.25, -0.2) is 4.39 Å². The maximum atomic E-state index is 13.2. The maximum absolute atomic E-state index is 13.2. The van der Waals surface area contributed by atoms with Crippen LogP contribution in [0.3, 0.4) is 0 Å². The monoisotopic (exact) mass is 300 g/mol. The molecule has 0 aliphatic carbocycles. The predicted molar refractivity (Wildman–Crippen MR) is 67.5 cm³/mol. The number of carbonyl (C=O) groups excluding carboxylic acids is 1. The lowest BCUT2D eigenvalue weighted by atomic mass is 10.2. The van der Waals surface area contributed by atoms with Crippen LogP contribution in [0.15, 0.2) is 22.7 Å². The average molecular weight is 301 g/mol. The second-order valence-corrected chi connectivity index (χ2v) is 4.87. The summed E-state index contributed by atoms with van der Waals surface area (Å²) in [6.45, 7) is 3.10. The van der Waals surface area contributed by atoms with E-state index in [9.17, 15) is 9.18 Å². The van der Waals surface area contributed by atoms with E-state index < -0.39 is 0 Å². The molecule has 1 heterocycles. The van der Waals surface area contributed by atoms with Crippen molar-refractivity contribution in [2.75, 3.05) is 26.2 Å². The fourth-order valence-electron chi connectivity index (χ4n) is 1.88. The Bertz CT molecular complexity index is 417. The van der Waals surface area contributed by atoms with Gasteiger partial charge in [0.05, 0.1) is 5.56 Å². The van der Waals surface area contributed by atoms with Crippen LogP contribution in [0.2, 0.25) is 0 Å². The van der Waals surface area contributed by atoms with E-state index in [-0.39, 0.29) is 11.7 Å². The van der Waals surface area contributed by atoms with Crippen molar-refractivity contribution in [1.29, 1.82) is 0 Å². The molecule has 1 fully saturated rings. The number of nitrogens with one attached hydrogen (secondary N) is 1. The quantitative estimate of drug-likeness (QED) is 0.861. The van der Waals surface area contributed by atoms with Gasteiger partial charge in [0.15, 0.2) is 0 Å². The highest BCUT2D eigenvalue weighted by Gasteiger charge is 2.19. The van der Waals surface area contributed by atoms with Crippen molar-refractivity contribution in [2.24, 2.45) is 0 Å². The standard InChI is InChI=1S/C12H14BrFN2O/c13-11-3-2-9(14)8-10(11)12(17)16-6-1-4-15-5-7-16/h2-3,8,15H,1,4-7H2. The normalized spacial score (nSPS) is 16.7. The Morgan fingerprint density at radius 1 is 1.35 bits per heavy atom. The van der Waals surface area contributed by atoms with Crippen molar-refractivity contribution >= 4 is 21.8 Å². The van der Waals surface area contributed by atoms with E-state index in [0.717, 1.165) is 26.1 Å². The summed E-state index contributed by atoms with van der Waals surface area (Å²) in [7, 11) is 0. The van der Waals surface area contributed by atoms with Crippen molar-refractivity contribution in [2.45, 2.75) is 6.42 Å². The summed E-state index contributed by atoms with van der Waals surface area (Å²) in [5.74, 6) is -0.496. The van der Waals surface area contributed by atoms with Gasteiger partial charge in [-0.15, -0.1) is 0 Å². The average Bonchev–Trinajstić information content (AvgIpc) is 2.60. The van der Waals surface area contributed by atoms with Crippen LogP contribution in [0.1, 0.15) is 16.8 Å². The molecule has 0 spiro atoms. The lowest BCUT2D eigenvalue weighted by Gasteiger charge is -2.20. The highest BCUT2D eigenvalue weighted by atomic mass is 79.9. The highest BCUT2D eigenvalue weighted by molar-refractivity contribution is 9.10. The van der Waals surface area contributed by atoms with Crippen molar-refractivity contribution < 1.29 is 9.18 Å². The first-order chi connectivity index (χ1) is 8.18. The zero-order valence-electron chi connectivity index (χ0n) is 9.38. The molecule has 3 nitrogen and oxygen atoms in total. The van der Waals surface area contributed by atoms with Crippen LogP contribution < -0.4 is 5.32 Å². The third-order valence-corrected chi connectivity index (χ3v) is 3.48. The number of carbonyl (C=O) groups is 1. The Labute approximate surface area is 108 Å². The minimum Gasteiger partial charge on any atom is -0.337 e. The second-order valence-electron chi connectivity index (χ2n) is 4.02. The predicted octanol–water partition coefficient (Wildman–Crippen LogP) is 2.02. The fraction of sp³-hybridized carbons (Fsp3) is 0.417. The first kappa shape index (κ1) is 12.5. The lowest BCUT2D eigenvalue weighted by molar-refractivity contribution is 0.0765. The molecule has 1 N–H and O–H groups in total. The van der Waals surface area contributed by atoms with Gasteiger partial charge in [-0.2, -0.15) is 0 Å². The first-order valence-electron chi connectivity index (χ1n) is 5.63. The van der Waals surface area contributed by atoms with Crippen molar-refractivity contribution in [3.8, 4) is 0 Å². The molecule has 5 heteroatoms. The van der Waals surface area contributed by atoms with E-state index in [1.807, 2.05) is 0 Å². The first-order valence-corrected chi connectivity index (χ1v) is 6.43. The highest BCUT2D eigenvalue weighted by Crippen LogP contribution is 2.20. The van der Waals surface area contributed by atoms with Gasteiger partial charge in [-0.05, 0) is 47.1 Å². The molecule has 1 saturated heterocycles. The van der Waals surface area contributed by atoms with Crippen LogP contribution in [-0.2, 0) is 0 Å². The summed E-state index contributed by atoms with van der Waals surface area (Å²) in [6, 6.07) is 4.19. The molecule has 1 aromatic carbocycles. The minimum atomic E-state index is -0.385. The number of amides is 1. The number of nitrogens with zero attached hydrogens (tertiary/aromatic N) is 1. The van der Waals surface area contributed by atoms with E-state index in [2.05, 4.69) is 21.2 Å². The Kier molecular flexibility index (Phi) is 4.12. The smallest absolute Gasteiger partial charge is 0.255 e. The maximum Gasteiger partial charge on any atom is 0.255 e. The minimum absolute atomic E-state index is 0.111. The summed E-state index contributed by atoms with van der Waals surface area (Å²) < 4.78 is 13.8. The van der Waals surface area contributed by atoms with Gasteiger partial charge < -0.3 is 10.2 Å². The third kappa shape index (κ3) is 3.04. The summed E-state index contributed by atoms with van der Waals surface area (Å²) in [5.41, 5.74) is 0.395. The molecule has 17 heavy (non-hydrogen) atoms. The van der Waals surface area contributed by atoms with Gasteiger partial charge in [0.25, 0.3) is 5.91 Å². The number of hydrogen-bond donors (Lipinski definition) is 1. The summed E-state index contributed by atoms with van der Waals surface area (Å²) in [6.07, 6.45) is 0.929.